The molecule has 4 rings (SSSR count). The fraction of sp³-hybridized carbons (Fsp3) is 0.471. The molecule has 7 nitrogen and oxygen atoms in total. The molecule has 2 fully saturated rings. The van der Waals surface area contributed by atoms with Gasteiger partial charge in [0.05, 0.1) is 17.1 Å². The maximum Gasteiger partial charge on any atom is 0.255 e. The van der Waals surface area contributed by atoms with Crippen molar-refractivity contribution in [3.63, 3.8) is 0 Å². The van der Waals surface area contributed by atoms with Gasteiger partial charge in [0.2, 0.25) is 5.91 Å². The molecule has 0 aliphatic carbocycles. The van der Waals surface area contributed by atoms with Gasteiger partial charge in [-0.2, -0.15) is 0 Å². The van der Waals surface area contributed by atoms with Gasteiger partial charge < -0.3 is 19.7 Å². The summed E-state index contributed by atoms with van der Waals surface area (Å²) < 4.78 is 1.80. The first-order chi connectivity index (χ1) is 11.6. The van der Waals surface area contributed by atoms with Crippen LogP contribution < -0.4 is 5.32 Å². The number of aliphatic hydroxyl groups excluding tert-OH is 1. The number of hydrogen-bond donors (Lipinski definition) is 2. The summed E-state index contributed by atoms with van der Waals surface area (Å²) in [6.07, 6.45) is 6.40. The molecule has 0 bridgehead atoms. The van der Waals surface area contributed by atoms with E-state index in [1.165, 1.54) is 0 Å². The minimum absolute atomic E-state index is 0.116. The number of aromatic nitrogens is 2. The van der Waals surface area contributed by atoms with Gasteiger partial charge in [0.1, 0.15) is 5.65 Å². The zero-order valence-corrected chi connectivity index (χ0v) is 13.3. The first kappa shape index (κ1) is 15.1. The number of nitrogens with one attached hydrogen (secondary N) is 1. The summed E-state index contributed by atoms with van der Waals surface area (Å²) in [4.78, 5) is 31.2. The second kappa shape index (κ2) is 5.59. The van der Waals surface area contributed by atoms with E-state index in [-0.39, 0.29) is 18.4 Å². The van der Waals surface area contributed by atoms with E-state index < -0.39 is 11.5 Å². The molecule has 2 aliphatic heterocycles. The van der Waals surface area contributed by atoms with Crippen molar-refractivity contribution in [3.8, 4) is 0 Å². The highest BCUT2D eigenvalue weighted by molar-refractivity contribution is 5.95. The van der Waals surface area contributed by atoms with E-state index in [0.717, 1.165) is 12.1 Å². The Hall–Kier alpha value is -2.41. The summed E-state index contributed by atoms with van der Waals surface area (Å²) >= 11 is 0. The third kappa shape index (κ3) is 2.27. The number of pyridine rings is 1. The fourth-order valence-corrected chi connectivity index (χ4v) is 3.85. The molecule has 2 aromatic rings. The first-order valence-electron chi connectivity index (χ1n) is 8.28. The lowest BCUT2D eigenvalue weighted by molar-refractivity contribution is -0.147. The van der Waals surface area contributed by atoms with E-state index in [4.69, 9.17) is 0 Å². The van der Waals surface area contributed by atoms with Crippen molar-refractivity contribution in [1.82, 2.24) is 19.6 Å². The molecule has 2 saturated heterocycles. The zero-order chi connectivity index (χ0) is 16.7. The van der Waals surface area contributed by atoms with Gasteiger partial charge in [-0.15, -0.1) is 0 Å². The van der Waals surface area contributed by atoms with Crippen LogP contribution in [0.5, 0.6) is 0 Å². The van der Waals surface area contributed by atoms with Gasteiger partial charge in [0.15, 0.2) is 0 Å². The second-order valence-corrected chi connectivity index (χ2v) is 6.66. The number of amides is 2. The predicted octanol–water partition coefficient (Wildman–Crippen LogP) is 0.437. The number of fused-ring (bicyclic) bond motifs is 1. The van der Waals surface area contributed by atoms with Crippen LogP contribution in [-0.2, 0) is 4.79 Å². The minimum atomic E-state index is -0.870. The molecule has 0 radical (unpaired) electrons. The maximum absolute atomic E-state index is 12.9. The Morgan fingerprint density at radius 2 is 2.29 bits per heavy atom. The largest absolute Gasteiger partial charge is 0.392 e. The van der Waals surface area contributed by atoms with Crippen molar-refractivity contribution >= 4 is 17.5 Å². The Morgan fingerprint density at radius 3 is 3.12 bits per heavy atom. The second-order valence-electron chi connectivity index (χ2n) is 6.66. The van der Waals surface area contributed by atoms with Gasteiger partial charge in [0, 0.05) is 38.2 Å². The topological polar surface area (TPSA) is 86.9 Å². The summed E-state index contributed by atoms with van der Waals surface area (Å²) in [5, 5.41) is 13.3. The first-order valence-corrected chi connectivity index (χ1v) is 8.28. The Bertz CT molecular complexity index is 802. The van der Waals surface area contributed by atoms with E-state index in [1.54, 1.807) is 40.0 Å². The van der Waals surface area contributed by atoms with Gasteiger partial charge >= 0.3 is 0 Å². The van der Waals surface area contributed by atoms with Crippen LogP contribution in [0.4, 0.5) is 0 Å². The number of hydrogen-bond acceptors (Lipinski definition) is 4. The third-order valence-electron chi connectivity index (χ3n) is 5.24. The number of carbonyl (C=O) groups is 2. The molecule has 2 amide bonds. The van der Waals surface area contributed by atoms with Crippen LogP contribution in [0.1, 0.15) is 29.6 Å². The molecule has 0 unspecified atom stereocenters. The van der Waals surface area contributed by atoms with Crippen LogP contribution in [0.25, 0.3) is 5.65 Å². The van der Waals surface area contributed by atoms with E-state index in [0.29, 0.717) is 31.5 Å². The average Bonchev–Trinajstić information content (AvgIpc) is 3.06. The van der Waals surface area contributed by atoms with Crippen LogP contribution in [0.2, 0.25) is 0 Å². The average molecular weight is 328 g/mol. The van der Waals surface area contributed by atoms with E-state index in [1.807, 2.05) is 0 Å². The third-order valence-corrected chi connectivity index (χ3v) is 5.24. The number of aliphatic hydroxyl groups is 1. The maximum atomic E-state index is 12.9. The molecule has 126 valence electrons. The van der Waals surface area contributed by atoms with Crippen LogP contribution in [0.15, 0.2) is 30.7 Å². The van der Waals surface area contributed by atoms with Gasteiger partial charge in [-0.05, 0) is 31.4 Å². The summed E-state index contributed by atoms with van der Waals surface area (Å²) in [5.41, 5.74) is 0.470. The van der Waals surface area contributed by atoms with Crippen molar-refractivity contribution in [2.24, 2.45) is 5.41 Å². The SMILES string of the molecule is O=C(c1ccc2nccn2c1)N1CC[C@H](O)[C@@]2(CCCNC2=O)C1. The number of rotatable bonds is 1. The van der Waals surface area contributed by atoms with Crippen molar-refractivity contribution in [1.29, 1.82) is 0 Å². The summed E-state index contributed by atoms with van der Waals surface area (Å²) in [6.45, 7) is 1.36. The number of imidazole rings is 1. The highest BCUT2D eigenvalue weighted by Gasteiger charge is 2.50. The number of carbonyl (C=O) groups excluding carboxylic acids is 2. The molecule has 7 heteroatoms. The summed E-state index contributed by atoms with van der Waals surface area (Å²) in [5.74, 6) is -0.251. The molecule has 4 heterocycles. The number of likely N-dealkylation sites (tertiary alicyclic amines) is 1. The highest BCUT2D eigenvalue weighted by atomic mass is 16.3. The van der Waals surface area contributed by atoms with Crippen LogP contribution in [0, 0.1) is 5.41 Å². The monoisotopic (exact) mass is 328 g/mol. The Balaban J connectivity index is 1.61. The van der Waals surface area contributed by atoms with Gasteiger partial charge in [-0.25, -0.2) is 4.98 Å². The molecule has 2 aliphatic rings. The van der Waals surface area contributed by atoms with Gasteiger partial charge in [0.25, 0.3) is 5.91 Å². The summed E-state index contributed by atoms with van der Waals surface area (Å²) in [6, 6.07) is 3.55. The smallest absolute Gasteiger partial charge is 0.255 e. The highest BCUT2D eigenvalue weighted by Crippen LogP contribution is 2.37. The molecular weight excluding hydrogens is 308 g/mol. The Kier molecular flexibility index (Phi) is 3.53. The van der Waals surface area contributed by atoms with Crippen LogP contribution in [0.3, 0.4) is 0 Å². The molecule has 0 saturated carbocycles. The normalized spacial score (nSPS) is 27.5. The molecule has 1 spiro atoms. The van der Waals surface area contributed by atoms with Crippen LogP contribution >= 0.6 is 0 Å². The lowest BCUT2D eigenvalue weighted by Gasteiger charge is -2.46. The van der Waals surface area contributed by atoms with Crippen molar-refractivity contribution in [3.05, 3.63) is 36.3 Å². The Morgan fingerprint density at radius 1 is 1.42 bits per heavy atom. The van der Waals surface area contributed by atoms with E-state index in [9.17, 15) is 14.7 Å². The van der Waals surface area contributed by atoms with E-state index in [2.05, 4.69) is 10.3 Å². The lowest BCUT2D eigenvalue weighted by atomic mass is 9.71. The van der Waals surface area contributed by atoms with Crippen LogP contribution in [-0.4, -0.2) is 56.9 Å². The minimum Gasteiger partial charge on any atom is -0.392 e. The molecule has 2 N–H and O–H groups in total. The van der Waals surface area contributed by atoms with Crippen molar-refractivity contribution in [2.75, 3.05) is 19.6 Å². The van der Waals surface area contributed by atoms with Gasteiger partial charge in [-0.3, -0.25) is 9.59 Å². The van der Waals surface area contributed by atoms with Crippen molar-refractivity contribution < 1.29 is 14.7 Å². The Labute approximate surface area is 139 Å². The molecular formula is C17H20N4O3. The van der Waals surface area contributed by atoms with E-state index >= 15 is 0 Å². The summed E-state index contributed by atoms with van der Waals surface area (Å²) in [7, 11) is 0. The van der Waals surface area contributed by atoms with Crippen molar-refractivity contribution in [2.45, 2.75) is 25.4 Å². The number of piperidine rings is 2. The predicted molar refractivity (Wildman–Crippen MR) is 86.4 cm³/mol. The lowest BCUT2D eigenvalue weighted by Crippen LogP contribution is -2.62. The standard InChI is InChI=1S/C17H20N4O3/c22-13-4-8-21(11-17(13)5-1-6-19-16(17)24)15(23)12-2-3-14-18-7-9-20(14)10-12/h2-3,7,9-10,13,22H,1,4-6,8,11H2,(H,19,24)/t13-,17+/m0/s1. The molecule has 24 heavy (non-hydrogen) atoms. The zero-order valence-electron chi connectivity index (χ0n) is 13.3. The number of nitrogens with zero attached hydrogens (tertiary/aromatic N) is 3. The fourth-order valence-electron chi connectivity index (χ4n) is 3.85. The van der Waals surface area contributed by atoms with Gasteiger partial charge in [-0.1, -0.05) is 0 Å². The quantitative estimate of drug-likeness (QED) is 0.795. The molecule has 0 aromatic carbocycles. The molecule has 2 atom stereocenters. The molecule has 2 aromatic heterocycles.